The van der Waals surface area contributed by atoms with Crippen LogP contribution in [-0.4, -0.2) is 8.42 Å². The quantitative estimate of drug-likeness (QED) is 0.890. The number of nitrogens with one attached hydrogen (secondary N) is 1. The van der Waals surface area contributed by atoms with Crippen molar-refractivity contribution in [3.8, 4) is 0 Å². The van der Waals surface area contributed by atoms with Gasteiger partial charge in [-0.3, -0.25) is 0 Å². The molecule has 0 spiro atoms. The van der Waals surface area contributed by atoms with Crippen LogP contribution in [-0.2, 0) is 10.0 Å². The zero-order chi connectivity index (χ0) is 16.2. The third-order valence-electron chi connectivity index (χ3n) is 3.02. The van der Waals surface area contributed by atoms with Crippen LogP contribution in [0.1, 0.15) is 24.1 Å². The van der Waals surface area contributed by atoms with E-state index in [0.29, 0.717) is 10.6 Å². The van der Waals surface area contributed by atoms with E-state index in [2.05, 4.69) is 4.72 Å². The third kappa shape index (κ3) is 4.94. The molecule has 0 radical (unpaired) electrons. The van der Waals surface area contributed by atoms with Crippen LogP contribution in [0.2, 0.25) is 5.02 Å². The summed E-state index contributed by atoms with van der Waals surface area (Å²) in [4.78, 5) is 0. The van der Waals surface area contributed by atoms with Gasteiger partial charge in [-0.05, 0) is 48.4 Å². The van der Waals surface area contributed by atoms with Crippen molar-refractivity contribution in [1.82, 2.24) is 4.72 Å². The van der Waals surface area contributed by atoms with Gasteiger partial charge in [-0.15, -0.1) is 0 Å². The lowest BCUT2D eigenvalue weighted by molar-refractivity contribution is 0.576. The van der Waals surface area contributed by atoms with Crippen LogP contribution < -0.4 is 4.72 Å². The van der Waals surface area contributed by atoms with Gasteiger partial charge in [-0.2, -0.15) is 0 Å². The van der Waals surface area contributed by atoms with E-state index in [0.717, 1.165) is 11.0 Å². The minimum Gasteiger partial charge on any atom is -0.208 e. The number of hydrogen-bond donors (Lipinski definition) is 1. The molecule has 0 heterocycles. The Hall–Kier alpha value is -1.69. The molecule has 3 nitrogen and oxygen atoms in total. The molecule has 0 bridgehead atoms. The van der Waals surface area contributed by atoms with Crippen LogP contribution in [0.4, 0.5) is 4.39 Å². The Morgan fingerprint density at radius 1 is 1.09 bits per heavy atom. The van der Waals surface area contributed by atoms with Crippen molar-refractivity contribution < 1.29 is 12.8 Å². The fourth-order valence-electron chi connectivity index (χ4n) is 1.85. The van der Waals surface area contributed by atoms with Crippen LogP contribution in [0.25, 0.3) is 6.08 Å². The molecule has 0 aliphatic carbocycles. The van der Waals surface area contributed by atoms with E-state index < -0.39 is 16.1 Å². The molecule has 2 rings (SSSR count). The molecule has 0 unspecified atom stereocenters. The minimum atomic E-state index is -3.60. The first-order chi connectivity index (χ1) is 10.4. The Kier molecular flexibility index (Phi) is 5.34. The zero-order valence-electron chi connectivity index (χ0n) is 11.8. The number of halogens is 2. The minimum absolute atomic E-state index is 0.360. The van der Waals surface area contributed by atoms with Crippen molar-refractivity contribution in [1.29, 1.82) is 0 Å². The van der Waals surface area contributed by atoms with Crippen LogP contribution >= 0.6 is 11.6 Å². The predicted molar refractivity (Wildman–Crippen MR) is 87.4 cm³/mol. The molecule has 0 aliphatic heterocycles. The Bertz CT molecular complexity index is 756. The first kappa shape index (κ1) is 16.7. The second kappa shape index (κ2) is 7.05. The SMILES string of the molecule is C[C@@H](NS(=O)(=O)/C=C/c1ccc(Cl)cc1)c1ccc(F)cc1. The van der Waals surface area contributed by atoms with Gasteiger partial charge in [0.05, 0.1) is 0 Å². The molecule has 2 aromatic carbocycles. The monoisotopic (exact) mass is 339 g/mol. The van der Waals surface area contributed by atoms with E-state index in [1.807, 2.05) is 0 Å². The van der Waals surface area contributed by atoms with E-state index in [1.54, 1.807) is 43.3 Å². The van der Waals surface area contributed by atoms with Crippen LogP contribution in [0.3, 0.4) is 0 Å². The second-order valence-electron chi connectivity index (χ2n) is 4.79. The summed E-state index contributed by atoms with van der Waals surface area (Å²) in [5.41, 5.74) is 1.41. The van der Waals surface area contributed by atoms with Crippen molar-refractivity contribution in [2.75, 3.05) is 0 Å². The maximum absolute atomic E-state index is 12.9. The summed E-state index contributed by atoms with van der Waals surface area (Å²) in [6, 6.07) is 12.0. The summed E-state index contributed by atoms with van der Waals surface area (Å²) in [7, 11) is -3.60. The maximum Gasteiger partial charge on any atom is 0.234 e. The van der Waals surface area contributed by atoms with Gasteiger partial charge in [0.2, 0.25) is 10.0 Å². The first-order valence-corrected chi connectivity index (χ1v) is 8.49. The highest BCUT2D eigenvalue weighted by molar-refractivity contribution is 7.92. The van der Waals surface area contributed by atoms with E-state index in [4.69, 9.17) is 11.6 Å². The Balaban J connectivity index is 2.07. The third-order valence-corrected chi connectivity index (χ3v) is 4.45. The van der Waals surface area contributed by atoms with Gasteiger partial charge in [0.15, 0.2) is 0 Å². The summed E-state index contributed by atoms with van der Waals surface area (Å²) in [5, 5.41) is 1.68. The fraction of sp³-hybridized carbons (Fsp3) is 0.125. The number of sulfonamides is 1. The van der Waals surface area contributed by atoms with E-state index in [1.165, 1.54) is 18.2 Å². The van der Waals surface area contributed by atoms with Crippen molar-refractivity contribution in [3.63, 3.8) is 0 Å². The molecule has 0 fully saturated rings. The summed E-state index contributed by atoms with van der Waals surface area (Å²) >= 11 is 5.77. The summed E-state index contributed by atoms with van der Waals surface area (Å²) in [5.74, 6) is -0.360. The average molecular weight is 340 g/mol. The zero-order valence-corrected chi connectivity index (χ0v) is 13.4. The molecule has 116 valence electrons. The average Bonchev–Trinajstić information content (AvgIpc) is 2.47. The highest BCUT2D eigenvalue weighted by Gasteiger charge is 2.12. The van der Waals surface area contributed by atoms with E-state index >= 15 is 0 Å². The molecule has 0 amide bonds. The van der Waals surface area contributed by atoms with Gasteiger partial charge < -0.3 is 0 Å². The molecule has 0 saturated carbocycles. The molecule has 6 heteroatoms. The Morgan fingerprint density at radius 2 is 1.68 bits per heavy atom. The van der Waals surface area contributed by atoms with E-state index in [-0.39, 0.29) is 5.82 Å². The molecular weight excluding hydrogens is 325 g/mol. The van der Waals surface area contributed by atoms with Crippen LogP contribution in [0, 0.1) is 5.82 Å². The molecule has 1 atom stereocenters. The smallest absolute Gasteiger partial charge is 0.208 e. The van der Waals surface area contributed by atoms with Gasteiger partial charge in [0, 0.05) is 16.5 Å². The first-order valence-electron chi connectivity index (χ1n) is 6.57. The van der Waals surface area contributed by atoms with E-state index in [9.17, 15) is 12.8 Å². The number of hydrogen-bond acceptors (Lipinski definition) is 2. The highest BCUT2D eigenvalue weighted by atomic mass is 35.5. The predicted octanol–water partition coefficient (Wildman–Crippen LogP) is 4.13. The van der Waals surface area contributed by atoms with Gasteiger partial charge in [-0.25, -0.2) is 17.5 Å². The summed E-state index contributed by atoms with van der Waals surface area (Å²) in [6.45, 7) is 1.70. The molecule has 0 aromatic heterocycles. The van der Waals surface area contributed by atoms with Crippen LogP contribution in [0.15, 0.2) is 53.9 Å². The molecule has 2 aromatic rings. The second-order valence-corrected chi connectivity index (χ2v) is 6.82. The Labute approximate surface area is 134 Å². The summed E-state index contributed by atoms with van der Waals surface area (Å²) < 4.78 is 39.4. The number of benzene rings is 2. The lowest BCUT2D eigenvalue weighted by Crippen LogP contribution is -2.24. The normalized spacial score (nSPS) is 13.4. The lowest BCUT2D eigenvalue weighted by atomic mass is 10.1. The standard InChI is InChI=1S/C16H15ClFNO2S/c1-12(14-4-8-16(18)9-5-14)19-22(20,21)11-10-13-2-6-15(17)7-3-13/h2-12,19H,1H3/b11-10+/t12-/m1/s1. The highest BCUT2D eigenvalue weighted by Crippen LogP contribution is 2.15. The van der Waals surface area contributed by atoms with Crippen molar-refractivity contribution in [3.05, 3.63) is 75.9 Å². The Morgan fingerprint density at radius 3 is 2.27 bits per heavy atom. The van der Waals surface area contributed by atoms with Gasteiger partial charge >= 0.3 is 0 Å². The van der Waals surface area contributed by atoms with Gasteiger partial charge in [0.25, 0.3) is 0 Å². The van der Waals surface area contributed by atoms with Crippen molar-refractivity contribution in [2.24, 2.45) is 0 Å². The van der Waals surface area contributed by atoms with Crippen molar-refractivity contribution >= 4 is 27.7 Å². The molecule has 0 saturated heterocycles. The molecule has 22 heavy (non-hydrogen) atoms. The van der Waals surface area contributed by atoms with Crippen LogP contribution in [0.5, 0.6) is 0 Å². The summed E-state index contributed by atoms with van der Waals surface area (Å²) in [6.07, 6.45) is 1.48. The molecule has 1 N–H and O–H groups in total. The largest absolute Gasteiger partial charge is 0.234 e. The van der Waals surface area contributed by atoms with Gasteiger partial charge in [0.1, 0.15) is 5.82 Å². The topological polar surface area (TPSA) is 46.2 Å². The number of rotatable bonds is 5. The maximum atomic E-state index is 12.9. The molecular formula is C16H15ClFNO2S. The van der Waals surface area contributed by atoms with Gasteiger partial charge in [-0.1, -0.05) is 35.9 Å². The lowest BCUT2D eigenvalue weighted by Gasteiger charge is -2.12. The van der Waals surface area contributed by atoms with Crippen molar-refractivity contribution in [2.45, 2.75) is 13.0 Å². The molecule has 0 aliphatic rings. The fourth-order valence-corrected chi connectivity index (χ4v) is 3.02.